The Morgan fingerprint density at radius 1 is 1.57 bits per heavy atom. The van der Waals surface area contributed by atoms with Crippen molar-refractivity contribution in [2.45, 2.75) is 5.09 Å². The van der Waals surface area contributed by atoms with Crippen LogP contribution in [0.3, 0.4) is 0 Å². The summed E-state index contributed by atoms with van der Waals surface area (Å²) in [6.45, 7) is 0. The van der Waals surface area contributed by atoms with E-state index in [1.165, 1.54) is 19.2 Å². The summed E-state index contributed by atoms with van der Waals surface area (Å²) >= 11 is 1.09. The van der Waals surface area contributed by atoms with Gasteiger partial charge < -0.3 is 14.3 Å². The van der Waals surface area contributed by atoms with E-state index >= 15 is 0 Å². The first kappa shape index (κ1) is 10.6. The zero-order chi connectivity index (χ0) is 10.6. The smallest absolute Gasteiger partial charge is 0.371 e. The molecule has 0 aliphatic rings. The standard InChI is InChI=1S/C8H8O5S/c1-12-6(9)4-14-7-3-2-5(13-7)8(10)11/h2-3H,4H2,1H3,(H,10,11). The number of hydrogen-bond donors (Lipinski definition) is 1. The number of thioether (sulfide) groups is 1. The van der Waals surface area contributed by atoms with E-state index in [-0.39, 0.29) is 17.5 Å². The average molecular weight is 216 g/mol. The van der Waals surface area contributed by atoms with Crippen molar-refractivity contribution in [2.24, 2.45) is 0 Å². The fourth-order valence-electron chi connectivity index (χ4n) is 0.702. The van der Waals surface area contributed by atoms with Crippen molar-refractivity contribution < 1.29 is 23.8 Å². The van der Waals surface area contributed by atoms with Gasteiger partial charge in [0.15, 0.2) is 5.09 Å². The summed E-state index contributed by atoms with van der Waals surface area (Å²) in [6, 6.07) is 2.83. The van der Waals surface area contributed by atoms with Gasteiger partial charge in [-0.05, 0) is 12.1 Å². The number of esters is 1. The Hall–Kier alpha value is -1.43. The highest BCUT2D eigenvalue weighted by molar-refractivity contribution is 7.99. The molecule has 0 atom stereocenters. The lowest BCUT2D eigenvalue weighted by Gasteiger charge is -1.95. The monoisotopic (exact) mass is 216 g/mol. The van der Waals surface area contributed by atoms with Gasteiger partial charge in [0.25, 0.3) is 0 Å². The van der Waals surface area contributed by atoms with Gasteiger partial charge in [0.2, 0.25) is 5.76 Å². The lowest BCUT2D eigenvalue weighted by Crippen LogP contribution is -2.02. The Labute approximate surface area is 84.0 Å². The molecule has 0 aromatic carbocycles. The molecule has 0 bridgehead atoms. The molecule has 1 heterocycles. The number of carbonyl (C=O) groups is 2. The van der Waals surface area contributed by atoms with E-state index in [0.717, 1.165) is 11.8 Å². The number of hydrogen-bond acceptors (Lipinski definition) is 5. The molecular formula is C8H8O5S. The summed E-state index contributed by atoms with van der Waals surface area (Å²) in [5.41, 5.74) is 0. The SMILES string of the molecule is COC(=O)CSc1ccc(C(=O)O)o1. The van der Waals surface area contributed by atoms with Crippen molar-refractivity contribution in [3.05, 3.63) is 17.9 Å². The maximum atomic E-state index is 10.7. The van der Waals surface area contributed by atoms with Crippen LogP contribution in [0, 0.1) is 0 Å². The van der Waals surface area contributed by atoms with Crippen LogP contribution in [0.1, 0.15) is 10.6 Å². The van der Waals surface area contributed by atoms with Gasteiger partial charge in [-0.1, -0.05) is 11.8 Å². The highest BCUT2D eigenvalue weighted by Crippen LogP contribution is 2.20. The Balaban J connectivity index is 2.52. The van der Waals surface area contributed by atoms with Crippen molar-refractivity contribution >= 4 is 23.7 Å². The summed E-state index contributed by atoms with van der Waals surface area (Å²) < 4.78 is 9.30. The molecule has 5 nitrogen and oxygen atoms in total. The van der Waals surface area contributed by atoms with Gasteiger partial charge >= 0.3 is 11.9 Å². The molecule has 0 fully saturated rings. The van der Waals surface area contributed by atoms with Crippen LogP contribution in [0.5, 0.6) is 0 Å². The molecule has 0 radical (unpaired) electrons. The van der Waals surface area contributed by atoms with Crippen molar-refractivity contribution in [1.29, 1.82) is 0 Å². The number of rotatable bonds is 4. The lowest BCUT2D eigenvalue weighted by atomic mass is 10.5. The summed E-state index contributed by atoms with van der Waals surface area (Å²) in [4.78, 5) is 21.1. The number of carbonyl (C=O) groups excluding carboxylic acids is 1. The summed E-state index contributed by atoms with van der Waals surface area (Å²) in [7, 11) is 1.29. The molecule has 0 saturated heterocycles. The second-order valence-electron chi connectivity index (χ2n) is 2.29. The molecule has 0 saturated carbocycles. The van der Waals surface area contributed by atoms with Crippen molar-refractivity contribution in [1.82, 2.24) is 0 Å². The topological polar surface area (TPSA) is 76.7 Å². The minimum absolute atomic E-state index is 0.100. The molecule has 0 amide bonds. The van der Waals surface area contributed by atoms with Gasteiger partial charge in [-0.3, -0.25) is 4.79 Å². The second-order valence-corrected chi connectivity index (χ2v) is 3.27. The van der Waals surface area contributed by atoms with Crippen molar-refractivity contribution in [3.8, 4) is 0 Å². The third-order valence-electron chi connectivity index (χ3n) is 1.35. The summed E-state index contributed by atoms with van der Waals surface area (Å²) in [5.74, 6) is -1.56. The van der Waals surface area contributed by atoms with Crippen LogP contribution in [0.4, 0.5) is 0 Å². The Morgan fingerprint density at radius 2 is 2.29 bits per heavy atom. The van der Waals surface area contributed by atoms with Crippen molar-refractivity contribution in [3.63, 3.8) is 0 Å². The molecule has 14 heavy (non-hydrogen) atoms. The van der Waals surface area contributed by atoms with E-state index in [1.54, 1.807) is 0 Å². The lowest BCUT2D eigenvalue weighted by molar-refractivity contribution is -0.137. The molecule has 76 valence electrons. The zero-order valence-corrected chi connectivity index (χ0v) is 8.17. The molecular weight excluding hydrogens is 208 g/mol. The Kier molecular flexibility index (Phi) is 3.58. The number of carboxylic acid groups (broad SMARTS) is 1. The number of furan rings is 1. The first-order valence-corrected chi connectivity index (χ1v) is 4.65. The van der Waals surface area contributed by atoms with Gasteiger partial charge in [0, 0.05) is 0 Å². The molecule has 1 rings (SSSR count). The summed E-state index contributed by atoms with van der Waals surface area (Å²) in [6.07, 6.45) is 0. The van der Waals surface area contributed by atoms with Crippen LogP contribution in [0.15, 0.2) is 21.6 Å². The third kappa shape index (κ3) is 2.81. The van der Waals surface area contributed by atoms with Gasteiger partial charge in [0.05, 0.1) is 12.9 Å². The van der Waals surface area contributed by atoms with Gasteiger partial charge in [-0.2, -0.15) is 0 Å². The minimum Gasteiger partial charge on any atom is -0.475 e. The zero-order valence-electron chi connectivity index (χ0n) is 7.35. The fraction of sp³-hybridized carbons (Fsp3) is 0.250. The maximum Gasteiger partial charge on any atom is 0.371 e. The van der Waals surface area contributed by atoms with E-state index in [4.69, 9.17) is 9.52 Å². The van der Waals surface area contributed by atoms with Crippen LogP contribution >= 0.6 is 11.8 Å². The van der Waals surface area contributed by atoms with Gasteiger partial charge in [0.1, 0.15) is 0 Å². The maximum absolute atomic E-state index is 10.7. The number of ether oxygens (including phenoxy) is 1. The first-order chi connectivity index (χ1) is 6.63. The molecule has 0 unspecified atom stereocenters. The summed E-state index contributed by atoms with van der Waals surface area (Å²) in [5, 5.41) is 8.91. The molecule has 1 N–H and O–H groups in total. The number of aromatic carboxylic acids is 1. The fourth-order valence-corrected chi connectivity index (χ4v) is 1.39. The van der Waals surface area contributed by atoms with E-state index in [9.17, 15) is 9.59 Å². The minimum atomic E-state index is -1.13. The molecule has 0 spiro atoms. The van der Waals surface area contributed by atoms with E-state index < -0.39 is 5.97 Å². The van der Waals surface area contributed by atoms with Gasteiger partial charge in [-0.15, -0.1) is 0 Å². The van der Waals surface area contributed by atoms with E-state index in [2.05, 4.69) is 4.74 Å². The predicted molar refractivity (Wildman–Crippen MR) is 48.4 cm³/mol. The van der Waals surface area contributed by atoms with E-state index in [0.29, 0.717) is 5.09 Å². The quantitative estimate of drug-likeness (QED) is 0.602. The molecule has 1 aromatic heterocycles. The largest absolute Gasteiger partial charge is 0.475 e. The first-order valence-electron chi connectivity index (χ1n) is 3.66. The van der Waals surface area contributed by atoms with Crippen LogP contribution in [-0.2, 0) is 9.53 Å². The molecule has 0 aliphatic carbocycles. The second kappa shape index (κ2) is 4.71. The highest BCUT2D eigenvalue weighted by atomic mass is 32.2. The normalized spacial score (nSPS) is 9.79. The van der Waals surface area contributed by atoms with E-state index in [1.807, 2.05) is 0 Å². The predicted octanol–water partition coefficient (Wildman–Crippen LogP) is 1.24. The third-order valence-corrected chi connectivity index (χ3v) is 2.24. The van der Waals surface area contributed by atoms with Crippen molar-refractivity contribution in [2.75, 3.05) is 12.9 Å². The molecule has 0 aliphatic heterocycles. The molecule has 1 aromatic rings. The Bertz CT molecular complexity index is 343. The molecule has 6 heteroatoms. The van der Waals surface area contributed by atoms with Crippen LogP contribution in [0.25, 0.3) is 0 Å². The van der Waals surface area contributed by atoms with Crippen LogP contribution in [0.2, 0.25) is 0 Å². The number of methoxy groups -OCH3 is 1. The highest BCUT2D eigenvalue weighted by Gasteiger charge is 2.10. The van der Waals surface area contributed by atoms with Gasteiger partial charge in [-0.25, -0.2) is 4.79 Å². The Morgan fingerprint density at radius 3 is 2.79 bits per heavy atom. The number of carboxylic acids is 1. The average Bonchev–Trinajstić information content (AvgIpc) is 2.62. The van der Waals surface area contributed by atoms with Crippen LogP contribution in [-0.4, -0.2) is 29.9 Å². The van der Waals surface area contributed by atoms with Crippen LogP contribution < -0.4 is 0 Å².